The van der Waals surface area contributed by atoms with Gasteiger partial charge in [-0.2, -0.15) is 5.26 Å². The van der Waals surface area contributed by atoms with Gasteiger partial charge in [-0.05, 0) is 37.1 Å². The van der Waals surface area contributed by atoms with E-state index in [0.29, 0.717) is 0 Å². The maximum Gasteiger partial charge on any atom is 0.0945 e. The minimum absolute atomic E-state index is 0.839. The Labute approximate surface area is 104 Å². The van der Waals surface area contributed by atoms with Crippen molar-refractivity contribution >= 4 is 21.6 Å². The summed E-state index contributed by atoms with van der Waals surface area (Å²) in [6.45, 7) is 3.89. The molecule has 1 aliphatic heterocycles. The molecule has 0 N–H and O–H groups in total. The summed E-state index contributed by atoms with van der Waals surface area (Å²) in [6.07, 6.45) is 2.87. The van der Waals surface area contributed by atoms with Crippen LogP contribution in [0.25, 0.3) is 0 Å². The highest BCUT2D eigenvalue weighted by molar-refractivity contribution is 9.10. The first-order chi connectivity index (χ1) is 7.70. The van der Waals surface area contributed by atoms with Gasteiger partial charge in [0.05, 0.1) is 6.07 Å². The summed E-state index contributed by atoms with van der Waals surface area (Å²) in [5.74, 6) is 0. The van der Waals surface area contributed by atoms with Crippen LogP contribution in [0.5, 0.6) is 0 Å². The zero-order valence-electron chi connectivity index (χ0n) is 9.20. The van der Waals surface area contributed by atoms with Crippen LogP contribution in [0, 0.1) is 18.3 Å². The maximum absolute atomic E-state index is 8.80. The van der Waals surface area contributed by atoms with Crippen LogP contribution >= 0.6 is 15.9 Å². The molecule has 1 aromatic carbocycles. The molecule has 1 aromatic rings. The van der Waals surface area contributed by atoms with E-state index < -0.39 is 0 Å². The molecule has 82 valence electrons. The van der Waals surface area contributed by atoms with Crippen LogP contribution in [0.3, 0.4) is 0 Å². The smallest absolute Gasteiger partial charge is 0.0945 e. The highest BCUT2D eigenvalue weighted by atomic mass is 79.9. The molecule has 0 saturated carbocycles. The number of nitrogens with zero attached hydrogens (tertiary/aromatic N) is 2. The molecule has 0 radical (unpaired) electrons. The first kappa shape index (κ1) is 11.2. The van der Waals surface area contributed by atoms with Crippen molar-refractivity contribution in [1.29, 1.82) is 5.26 Å². The second kappa shape index (κ2) is 4.71. The van der Waals surface area contributed by atoms with Gasteiger partial charge in [0.1, 0.15) is 0 Å². The number of anilines is 1. The van der Waals surface area contributed by atoms with E-state index in [9.17, 15) is 0 Å². The van der Waals surface area contributed by atoms with Crippen LogP contribution in [0.1, 0.15) is 12.0 Å². The Balaban J connectivity index is 2.21. The molecule has 2 rings (SSSR count). The molecular weight excluding hydrogens is 264 g/mol. The van der Waals surface area contributed by atoms with Crippen LogP contribution in [0.15, 0.2) is 34.3 Å². The summed E-state index contributed by atoms with van der Waals surface area (Å²) >= 11 is 3.47. The number of hydrogen-bond acceptors (Lipinski definition) is 2. The normalized spacial score (nSPS) is 15.6. The second-order valence-corrected chi connectivity index (χ2v) is 4.88. The van der Waals surface area contributed by atoms with E-state index in [1.807, 2.05) is 6.08 Å². The Hall–Kier alpha value is -1.27. The van der Waals surface area contributed by atoms with Gasteiger partial charge in [0, 0.05) is 28.8 Å². The van der Waals surface area contributed by atoms with Crippen molar-refractivity contribution in [3.63, 3.8) is 0 Å². The fourth-order valence-corrected chi connectivity index (χ4v) is 2.44. The molecular formula is C13H13BrN2. The van der Waals surface area contributed by atoms with Crippen molar-refractivity contribution in [2.75, 3.05) is 18.0 Å². The van der Waals surface area contributed by atoms with Crippen molar-refractivity contribution in [2.24, 2.45) is 0 Å². The fourth-order valence-electron chi connectivity index (χ4n) is 1.96. The van der Waals surface area contributed by atoms with Gasteiger partial charge in [0.25, 0.3) is 0 Å². The van der Waals surface area contributed by atoms with Gasteiger partial charge in [-0.3, -0.25) is 0 Å². The van der Waals surface area contributed by atoms with Gasteiger partial charge in [-0.15, -0.1) is 0 Å². The molecule has 0 unspecified atom stereocenters. The van der Waals surface area contributed by atoms with Crippen molar-refractivity contribution in [2.45, 2.75) is 13.3 Å². The SMILES string of the molecule is Cc1cc(Br)ccc1N1CC=C(C#N)CC1. The van der Waals surface area contributed by atoms with Gasteiger partial charge >= 0.3 is 0 Å². The lowest BCUT2D eigenvalue weighted by Crippen LogP contribution is -2.28. The van der Waals surface area contributed by atoms with Crippen molar-refractivity contribution in [3.05, 3.63) is 39.9 Å². The van der Waals surface area contributed by atoms with E-state index in [1.165, 1.54) is 11.3 Å². The van der Waals surface area contributed by atoms with E-state index in [4.69, 9.17) is 5.26 Å². The number of nitriles is 1. The first-order valence-electron chi connectivity index (χ1n) is 5.31. The van der Waals surface area contributed by atoms with Crippen molar-refractivity contribution in [3.8, 4) is 6.07 Å². The Kier molecular flexibility index (Phi) is 3.31. The van der Waals surface area contributed by atoms with Gasteiger partial charge in [0.15, 0.2) is 0 Å². The molecule has 0 spiro atoms. The largest absolute Gasteiger partial charge is 0.367 e. The van der Waals surface area contributed by atoms with Gasteiger partial charge < -0.3 is 4.90 Å². The average Bonchev–Trinajstić information content (AvgIpc) is 2.29. The molecule has 2 nitrogen and oxygen atoms in total. The van der Waals surface area contributed by atoms with Gasteiger partial charge in [0.2, 0.25) is 0 Å². The fraction of sp³-hybridized carbons (Fsp3) is 0.308. The van der Waals surface area contributed by atoms with Crippen LogP contribution in [-0.2, 0) is 0 Å². The lowest BCUT2D eigenvalue weighted by Gasteiger charge is -2.28. The van der Waals surface area contributed by atoms with Gasteiger partial charge in [-0.1, -0.05) is 22.0 Å². The highest BCUT2D eigenvalue weighted by Gasteiger charge is 2.13. The zero-order chi connectivity index (χ0) is 11.5. The van der Waals surface area contributed by atoms with Crippen LogP contribution < -0.4 is 4.90 Å². The van der Waals surface area contributed by atoms with Crippen LogP contribution in [0.4, 0.5) is 5.69 Å². The van der Waals surface area contributed by atoms with Crippen molar-refractivity contribution in [1.82, 2.24) is 0 Å². The summed E-state index contributed by atoms with van der Waals surface area (Å²) in [4.78, 5) is 2.31. The van der Waals surface area contributed by atoms with E-state index in [2.05, 4.69) is 52.0 Å². The van der Waals surface area contributed by atoms with E-state index in [0.717, 1.165) is 29.6 Å². The predicted molar refractivity (Wildman–Crippen MR) is 69.4 cm³/mol. The number of halogens is 1. The van der Waals surface area contributed by atoms with E-state index in [1.54, 1.807) is 0 Å². The van der Waals surface area contributed by atoms with E-state index >= 15 is 0 Å². The Morgan fingerprint density at radius 2 is 2.25 bits per heavy atom. The molecule has 0 amide bonds. The van der Waals surface area contributed by atoms with Crippen LogP contribution in [0.2, 0.25) is 0 Å². The first-order valence-corrected chi connectivity index (χ1v) is 6.10. The third-order valence-corrected chi connectivity index (χ3v) is 3.35. The summed E-state index contributed by atoms with van der Waals surface area (Å²) < 4.78 is 1.11. The average molecular weight is 277 g/mol. The Morgan fingerprint density at radius 1 is 1.44 bits per heavy atom. The minimum atomic E-state index is 0.839. The monoisotopic (exact) mass is 276 g/mol. The molecule has 0 atom stereocenters. The summed E-state index contributed by atoms with van der Waals surface area (Å²) in [5.41, 5.74) is 3.44. The lowest BCUT2D eigenvalue weighted by atomic mass is 10.1. The summed E-state index contributed by atoms with van der Waals surface area (Å²) in [6, 6.07) is 8.54. The maximum atomic E-state index is 8.80. The molecule has 0 aromatic heterocycles. The molecule has 0 fully saturated rings. The lowest BCUT2D eigenvalue weighted by molar-refractivity contribution is 0.799. The number of benzene rings is 1. The molecule has 0 aliphatic carbocycles. The highest BCUT2D eigenvalue weighted by Crippen LogP contribution is 2.26. The number of rotatable bonds is 1. The minimum Gasteiger partial charge on any atom is -0.367 e. The summed E-state index contributed by atoms with van der Waals surface area (Å²) in [5, 5.41) is 8.80. The number of hydrogen-bond donors (Lipinski definition) is 0. The van der Waals surface area contributed by atoms with Crippen LogP contribution in [-0.4, -0.2) is 13.1 Å². The van der Waals surface area contributed by atoms with Gasteiger partial charge in [-0.25, -0.2) is 0 Å². The molecule has 0 saturated heterocycles. The molecule has 1 heterocycles. The third-order valence-electron chi connectivity index (χ3n) is 2.85. The molecule has 0 bridgehead atoms. The number of aryl methyl sites for hydroxylation is 1. The molecule has 3 heteroatoms. The van der Waals surface area contributed by atoms with Crippen molar-refractivity contribution < 1.29 is 0 Å². The third kappa shape index (κ3) is 2.28. The molecule has 1 aliphatic rings. The summed E-state index contributed by atoms with van der Waals surface area (Å²) in [7, 11) is 0. The van der Waals surface area contributed by atoms with E-state index in [-0.39, 0.29) is 0 Å². The topological polar surface area (TPSA) is 27.0 Å². The predicted octanol–water partition coefficient (Wildman–Crippen LogP) is 3.42. The Morgan fingerprint density at radius 3 is 2.81 bits per heavy atom. The zero-order valence-corrected chi connectivity index (χ0v) is 10.8. The Bertz CT molecular complexity index is 471. The molecule has 16 heavy (non-hydrogen) atoms. The quantitative estimate of drug-likeness (QED) is 0.786. The second-order valence-electron chi connectivity index (χ2n) is 3.97. The standard InChI is InChI=1S/C13H13BrN2/c1-10-8-12(14)2-3-13(10)16-6-4-11(9-15)5-7-16/h2-4,8H,5-7H2,1H3.